The predicted octanol–water partition coefficient (Wildman–Crippen LogP) is 4.73. The van der Waals surface area contributed by atoms with E-state index in [0.29, 0.717) is 0 Å². The monoisotopic (exact) mass is 349 g/mol. The van der Waals surface area contributed by atoms with E-state index in [4.69, 9.17) is 4.74 Å². The second-order valence-electron chi connectivity index (χ2n) is 5.97. The molecule has 25 heavy (non-hydrogen) atoms. The van der Waals surface area contributed by atoms with Gasteiger partial charge in [-0.2, -0.15) is 0 Å². The highest BCUT2D eigenvalue weighted by molar-refractivity contribution is 7.19. The molecule has 1 aromatic heterocycles. The molecule has 4 heteroatoms. The van der Waals surface area contributed by atoms with Gasteiger partial charge in [-0.15, -0.1) is 11.3 Å². The molecular formula is C21H19NO2S. The highest BCUT2D eigenvalue weighted by Gasteiger charge is 2.25. The van der Waals surface area contributed by atoms with Gasteiger partial charge in [-0.05, 0) is 11.1 Å². The minimum atomic E-state index is 0.725. The maximum Gasteiger partial charge on any atom is 0.160 e. The van der Waals surface area contributed by atoms with E-state index in [-0.39, 0.29) is 0 Å². The lowest BCUT2D eigenvalue weighted by Crippen LogP contribution is -2.35. The van der Waals surface area contributed by atoms with E-state index in [0.717, 1.165) is 64.7 Å². The Morgan fingerprint density at radius 1 is 0.840 bits per heavy atom. The van der Waals surface area contributed by atoms with Gasteiger partial charge in [0.25, 0.3) is 0 Å². The lowest BCUT2D eigenvalue weighted by molar-refractivity contribution is 0.112. The van der Waals surface area contributed by atoms with Crippen molar-refractivity contribution in [2.24, 2.45) is 0 Å². The summed E-state index contributed by atoms with van der Waals surface area (Å²) in [6.07, 6.45) is 0.989. The second-order valence-corrected chi connectivity index (χ2v) is 7.00. The summed E-state index contributed by atoms with van der Waals surface area (Å²) in [5, 5.41) is 1.16. The van der Waals surface area contributed by atoms with Gasteiger partial charge >= 0.3 is 0 Å². The van der Waals surface area contributed by atoms with Crippen LogP contribution in [-0.4, -0.2) is 32.6 Å². The number of rotatable bonds is 4. The Morgan fingerprint density at radius 3 is 1.96 bits per heavy atom. The van der Waals surface area contributed by atoms with Crippen LogP contribution >= 0.6 is 11.3 Å². The van der Waals surface area contributed by atoms with Crippen LogP contribution in [0.25, 0.3) is 22.3 Å². The lowest BCUT2D eigenvalue weighted by Gasteiger charge is -2.28. The van der Waals surface area contributed by atoms with Crippen LogP contribution in [0.1, 0.15) is 9.67 Å². The van der Waals surface area contributed by atoms with Crippen LogP contribution in [-0.2, 0) is 4.74 Å². The van der Waals surface area contributed by atoms with Crippen LogP contribution < -0.4 is 4.90 Å². The summed E-state index contributed by atoms with van der Waals surface area (Å²) >= 11 is 1.58. The topological polar surface area (TPSA) is 29.5 Å². The lowest BCUT2D eigenvalue weighted by atomic mass is 9.96. The van der Waals surface area contributed by atoms with E-state index in [1.54, 1.807) is 11.3 Å². The number of aldehydes is 1. The number of morpholine rings is 1. The first-order valence-corrected chi connectivity index (χ1v) is 9.25. The van der Waals surface area contributed by atoms with Gasteiger partial charge in [0.05, 0.1) is 18.1 Å². The van der Waals surface area contributed by atoms with Crippen molar-refractivity contribution in [1.29, 1.82) is 0 Å². The highest BCUT2D eigenvalue weighted by Crippen LogP contribution is 2.47. The van der Waals surface area contributed by atoms with E-state index >= 15 is 0 Å². The number of nitrogens with zero attached hydrogens (tertiary/aromatic N) is 1. The molecule has 0 radical (unpaired) electrons. The summed E-state index contributed by atoms with van der Waals surface area (Å²) in [6.45, 7) is 3.16. The molecule has 0 bridgehead atoms. The normalized spacial score (nSPS) is 14.5. The Balaban J connectivity index is 1.96. The van der Waals surface area contributed by atoms with Crippen LogP contribution in [0, 0.1) is 0 Å². The van der Waals surface area contributed by atoms with Gasteiger partial charge in [-0.3, -0.25) is 4.79 Å². The van der Waals surface area contributed by atoms with Gasteiger partial charge in [-0.25, -0.2) is 0 Å². The quantitative estimate of drug-likeness (QED) is 0.638. The Labute approximate surface area is 151 Å². The minimum absolute atomic E-state index is 0.725. The zero-order chi connectivity index (χ0) is 17.1. The summed E-state index contributed by atoms with van der Waals surface area (Å²) in [4.78, 5) is 15.0. The van der Waals surface area contributed by atoms with Gasteiger partial charge < -0.3 is 9.64 Å². The Kier molecular flexibility index (Phi) is 4.63. The number of carbonyl (C=O) groups excluding carboxylic acids is 1. The molecule has 0 atom stereocenters. The maximum atomic E-state index is 11.8. The smallest absolute Gasteiger partial charge is 0.160 e. The molecule has 126 valence electrons. The number of ether oxygens (including phenoxy) is 1. The molecule has 3 nitrogen and oxygen atoms in total. The third kappa shape index (κ3) is 3.11. The van der Waals surface area contributed by atoms with E-state index in [1.165, 1.54) is 0 Å². The van der Waals surface area contributed by atoms with E-state index in [1.807, 2.05) is 36.4 Å². The summed E-state index contributed by atoms with van der Waals surface area (Å²) in [6, 6.07) is 20.5. The molecular weight excluding hydrogens is 330 g/mol. The summed E-state index contributed by atoms with van der Waals surface area (Å²) in [5.41, 5.74) is 4.42. The van der Waals surface area contributed by atoms with Crippen molar-refractivity contribution in [2.45, 2.75) is 0 Å². The standard InChI is InChI=1S/C21H19NO2S/c23-15-18-19(16-7-3-1-4-8-16)20(17-9-5-2-6-10-17)21(25-18)22-11-13-24-14-12-22/h1-10,15H,11-14H2. The maximum absolute atomic E-state index is 11.8. The third-order valence-electron chi connectivity index (χ3n) is 4.45. The Hall–Kier alpha value is -2.43. The second kappa shape index (κ2) is 7.21. The molecule has 2 heterocycles. The number of hydrogen-bond donors (Lipinski definition) is 0. The van der Waals surface area contributed by atoms with Gasteiger partial charge in [-0.1, -0.05) is 60.7 Å². The number of anilines is 1. The summed E-state index contributed by atoms with van der Waals surface area (Å²) in [5.74, 6) is 0. The molecule has 0 amide bonds. The van der Waals surface area contributed by atoms with E-state index in [9.17, 15) is 4.79 Å². The number of benzene rings is 2. The largest absolute Gasteiger partial charge is 0.378 e. The predicted molar refractivity (Wildman–Crippen MR) is 104 cm³/mol. The number of thiophene rings is 1. The molecule has 0 N–H and O–H groups in total. The van der Waals surface area contributed by atoms with Crippen LogP contribution in [0.15, 0.2) is 60.7 Å². The zero-order valence-electron chi connectivity index (χ0n) is 13.9. The first-order valence-electron chi connectivity index (χ1n) is 8.44. The first kappa shape index (κ1) is 16.1. The van der Waals surface area contributed by atoms with Crippen LogP contribution in [0.4, 0.5) is 5.00 Å². The van der Waals surface area contributed by atoms with Gasteiger partial charge in [0, 0.05) is 24.2 Å². The fourth-order valence-electron chi connectivity index (χ4n) is 3.27. The molecule has 3 aromatic rings. The fourth-order valence-corrected chi connectivity index (χ4v) is 4.48. The zero-order valence-corrected chi connectivity index (χ0v) is 14.7. The molecule has 1 fully saturated rings. The van der Waals surface area contributed by atoms with Crippen molar-refractivity contribution in [3.63, 3.8) is 0 Å². The molecule has 1 saturated heterocycles. The fraction of sp³-hybridized carbons (Fsp3) is 0.190. The molecule has 0 saturated carbocycles. The highest BCUT2D eigenvalue weighted by atomic mass is 32.1. The van der Waals surface area contributed by atoms with Crippen molar-refractivity contribution in [2.75, 3.05) is 31.2 Å². The van der Waals surface area contributed by atoms with Gasteiger partial charge in [0.2, 0.25) is 0 Å². The Bertz CT molecular complexity index is 852. The van der Waals surface area contributed by atoms with Crippen molar-refractivity contribution in [3.05, 3.63) is 65.5 Å². The van der Waals surface area contributed by atoms with E-state index < -0.39 is 0 Å². The first-order chi connectivity index (χ1) is 12.4. The molecule has 0 unspecified atom stereocenters. The van der Waals surface area contributed by atoms with Crippen LogP contribution in [0.2, 0.25) is 0 Å². The molecule has 0 spiro atoms. The van der Waals surface area contributed by atoms with Crippen LogP contribution in [0.3, 0.4) is 0 Å². The molecule has 1 aliphatic heterocycles. The molecule has 0 aliphatic carbocycles. The number of carbonyl (C=O) groups is 1. The van der Waals surface area contributed by atoms with Crippen molar-refractivity contribution in [3.8, 4) is 22.3 Å². The molecule has 4 rings (SSSR count). The number of hydrogen-bond acceptors (Lipinski definition) is 4. The van der Waals surface area contributed by atoms with Crippen molar-refractivity contribution >= 4 is 22.6 Å². The van der Waals surface area contributed by atoms with Gasteiger partial charge in [0.15, 0.2) is 6.29 Å². The summed E-state index contributed by atoms with van der Waals surface area (Å²) in [7, 11) is 0. The van der Waals surface area contributed by atoms with Crippen molar-refractivity contribution < 1.29 is 9.53 Å². The Morgan fingerprint density at radius 2 is 1.40 bits per heavy atom. The third-order valence-corrected chi connectivity index (χ3v) is 5.62. The van der Waals surface area contributed by atoms with E-state index in [2.05, 4.69) is 29.2 Å². The average Bonchev–Trinajstić information content (AvgIpc) is 3.10. The minimum Gasteiger partial charge on any atom is -0.378 e. The van der Waals surface area contributed by atoms with Gasteiger partial charge in [0.1, 0.15) is 5.00 Å². The molecule has 2 aromatic carbocycles. The SMILES string of the molecule is O=Cc1sc(N2CCOCC2)c(-c2ccccc2)c1-c1ccccc1. The average molecular weight is 349 g/mol. The summed E-state index contributed by atoms with van der Waals surface area (Å²) < 4.78 is 5.51. The molecule has 1 aliphatic rings. The van der Waals surface area contributed by atoms with Crippen molar-refractivity contribution in [1.82, 2.24) is 0 Å². The van der Waals surface area contributed by atoms with Crippen LogP contribution in [0.5, 0.6) is 0 Å².